The molecule has 3 aromatic rings. The SMILES string of the molecule is CCc1ccc2c(c1)c(C)c(C(=O)NCc1ccccc1)n2CC. The Morgan fingerprint density at radius 3 is 2.46 bits per heavy atom. The lowest BCUT2D eigenvalue weighted by Crippen LogP contribution is -2.26. The Labute approximate surface area is 143 Å². The minimum absolute atomic E-state index is 0.00699. The van der Waals surface area contributed by atoms with Gasteiger partial charge < -0.3 is 9.88 Å². The van der Waals surface area contributed by atoms with Crippen molar-refractivity contribution in [2.24, 2.45) is 0 Å². The van der Waals surface area contributed by atoms with Crippen LogP contribution in [-0.2, 0) is 19.5 Å². The Morgan fingerprint density at radius 2 is 1.79 bits per heavy atom. The highest BCUT2D eigenvalue weighted by molar-refractivity contribution is 6.01. The van der Waals surface area contributed by atoms with Crippen molar-refractivity contribution in [1.82, 2.24) is 9.88 Å². The number of rotatable bonds is 5. The lowest BCUT2D eigenvalue weighted by Gasteiger charge is -2.10. The van der Waals surface area contributed by atoms with Gasteiger partial charge in [0.15, 0.2) is 0 Å². The zero-order valence-corrected chi connectivity index (χ0v) is 14.6. The number of amides is 1. The quantitative estimate of drug-likeness (QED) is 0.740. The molecule has 0 aliphatic rings. The molecular formula is C21H24N2O. The molecule has 3 rings (SSSR count). The summed E-state index contributed by atoms with van der Waals surface area (Å²) in [6.45, 7) is 7.61. The fraction of sp³-hybridized carbons (Fsp3) is 0.286. The van der Waals surface area contributed by atoms with E-state index in [0.29, 0.717) is 6.54 Å². The van der Waals surface area contributed by atoms with E-state index in [1.807, 2.05) is 37.3 Å². The summed E-state index contributed by atoms with van der Waals surface area (Å²) in [6, 6.07) is 16.5. The van der Waals surface area contributed by atoms with Gasteiger partial charge in [0.25, 0.3) is 5.91 Å². The fourth-order valence-electron chi connectivity index (χ4n) is 3.27. The molecule has 0 unspecified atom stereocenters. The lowest BCUT2D eigenvalue weighted by atomic mass is 10.1. The van der Waals surface area contributed by atoms with E-state index >= 15 is 0 Å². The molecule has 1 aromatic heterocycles. The molecule has 24 heavy (non-hydrogen) atoms. The van der Waals surface area contributed by atoms with Gasteiger partial charge in [-0.2, -0.15) is 0 Å². The molecule has 0 fully saturated rings. The molecule has 3 heteroatoms. The van der Waals surface area contributed by atoms with Gasteiger partial charge in [0.2, 0.25) is 0 Å². The minimum atomic E-state index is -0.00699. The Hall–Kier alpha value is -2.55. The van der Waals surface area contributed by atoms with Crippen LogP contribution in [-0.4, -0.2) is 10.5 Å². The largest absolute Gasteiger partial charge is 0.347 e. The molecule has 2 aromatic carbocycles. The molecule has 124 valence electrons. The smallest absolute Gasteiger partial charge is 0.268 e. The van der Waals surface area contributed by atoms with Crippen LogP contribution in [0.3, 0.4) is 0 Å². The van der Waals surface area contributed by atoms with Gasteiger partial charge in [-0.1, -0.05) is 43.3 Å². The maximum Gasteiger partial charge on any atom is 0.268 e. The van der Waals surface area contributed by atoms with E-state index in [1.54, 1.807) is 0 Å². The van der Waals surface area contributed by atoms with Crippen LogP contribution < -0.4 is 5.32 Å². The number of benzene rings is 2. The van der Waals surface area contributed by atoms with Gasteiger partial charge in [-0.3, -0.25) is 4.79 Å². The van der Waals surface area contributed by atoms with Gasteiger partial charge in [-0.05, 0) is 49.1 Å². The normalized spacial score (nSPS) is 11.0. The van der Waals surface area contributed by atoms with Crippen molar-refractivity contribution < 1.29 is 4.79 Å². The number of nitrogens with zero attached hydrogens (tertiary/aromatic N) is 1. The van der Waals surface area contributed by atoms with E-state index < -0.39 is 0 Å². The second-order valence-corrected chi connectivity index (χ2v) is 6.09. The second-order valence-electron chi connectivity index (χ2n) is 6.09. The van der Waals surface area contributed by atoms with Crippen molar-refractivity contribution in [2.75, 3.05) is 0 Å². The van der Waals surface area contributed by atoms with Crippen molar-refractivity contribution >= 4 is 16.8 Å². The summed E-state index contributed by atoms with van der Waals surface area (Å²) in [5.74, 6) is -0.00699. The van der Waals surface area contributed by atoms with E-state index in [0.717, 1.165) is 35.3 Å². The molecule has 1 amide bonds. The fourth-order valence-corrected chi connectivity index (χ4v) is 3.27. The van der Waals surface area contributed by atoms with E-state index in [9.17, 15) is 4.79 Å². The molecule has 0 spiro atoms. The summed E-state index contributed by atoms with van der Waals surface area (Å²) in [5, 5.41) is 4.24. The van der Waals surface area contributed by atoms with Gasteiger partial charge >= 0.3 is 0 Å². The van der Waals surface area contributed by atoms with E-state index in [1.165, 1.54) is 10.9 Å². The van der Waals surface area contributed by atoms with Crippen LogP contribution in [0.25, 0.3) is 10.9 Å². The topological polar surface area (TPSA) is 34.0 Å². The molecule has 1 heterocycles. The zero-order valence-electron chi connectivity index (χ0n) is 14.6. The highest BCUT2D eigenvalue weighted by Crippen LogP contribution is 2.27. The molecular weight excluding hydrogens is 296 g/mol. The standard InChI is InChI=1S/C21H24N2O/c1-4-16-11-12-19-18(13-16)15(3)20(23(19)5-2)21(24)22-14-17-9-7-6-8-10-17/h6-13H,4-5,14H2,1-3H3,(H,22,24). The van der Waals surface area contributed by atoms with Crippen LogP contribution in [0.5, 0.6) is 0 Å². The third-order valence-corrected chi connectivity index (χ3v) is 4.62. The molecule has 0 radical (unpaired) electrons. The Bertz CT molecular complexity index is 862. The van der Waals surface area contributed by atoms with Crippen LogP contribution in [0.15, 0.2) is 48.5 Å². The molecule has 1 N–H and O–H groups in total. The molecule has 3 nitrogen and oxygen atoms in total. The predicted octanol–water partition coefficient (Wildman–Crippen LogP) is 4.46. The number of hydrogen-bond donors (Lipinski definition) is 1. The number of fused-ring (bicyclic) bond motifs is 1. The number of nitrogens with one attached hydrogen (secondary N) is 1. The first-order chi connectivity index (χ1) is 11.7. The summed E-state index contributed by atoms with van der Waals surface area (Å²) in [7, 11) is 0. The van der Waals surface area contributed by atoms with E-state index in [4.69, 9.17) is 0 Å². The molecule has 0 bridgehead atoms. The molecule has 0 saturated carbocycles. The summed E-state index contributed by atoms with van der Waals surface area (Å²) >= 11 is 0. The summed E-state index contributed by atoms with van der Waals surface area (Å²) in [5.41, 5.74) is 5.38. The first-order valence-electron chi connectivity index (χ1n) is 8.59. The van der Waals surface area contributed by atoms with Gasteiger partial charge in [-0.15, -0.1) is 0 Å². The van der Waals surface area contributed by atoms with Crippen molar-refractivity contribution in [3.8, 4) is 0 Å². The van der Waals surface area contributed by atoms with Crippen LogP contribution in [0, 0.1) is 6.92 Å². The average Bonchev–Trinajstić information content (AvgIpc) is 2.92. The Morgan fingerprint density at radius 1 is 1.04 bits per heavy atom. The highest BCUT2D eigenvalue weighted by Gasteiger charge is 2.19. The number of aryl methyl sites for hydroxylation is 3. The maximum atomic E-state index is 12.8. The van der Waals surface area contributed by atoms with Gasteiger partial charge in [-0.25, -0.2) is 0 Å². The van der Waals surface area contributed by atoms with E-state index in [-0.39, 0.29) is 5.91 Å². The number of aromatic nitrogens is 1. The third kappa shape index (κ3) is 2.94. The number of hydrogen-bond acceptors (Lipinski definition) is 1. The predicted molar refractivity (Wildman–Crippen MR) is 99.3 cm³/mol. The first-order valence-corrected chi connectivity index (χ1v) is 8.59. The van der Waals surface area contributed by atoms with Crippen LogP contribution in [0.2, 0.25) is 0 Å². The second kappa shape index (κ2) is 6.91. The van der Waals surface area contributed by atoms with Gasteiger partial charge in [0, 0.05) is 24.0 Å². The molecule has 0 atom stereocenters. The first kappa shape index (κ1) is 16.3. The van der Waals surface area contributed by atoms with Crippen molar-refractivity contribution in [3.05, 3.63) is 70.9 Å². The van der Waals surface area contributed by atoms with Crippen molar-refractivity contribution in [3.63, 3.8) is 0 Å². The number of carbonyl (C=O) groups is 1. The zero-order chi connectivity index (χ0) is 17.1. The molecule has 0 saturated heterocycles. The Kier molecular flexibility index (Phi) is 4.70. The third-order valence-electron chi connectivity index (χ3n) is 4.62. The van der Waals surface area contributed by atoms with E-state index in [2.05, 4.69) is 41.9 Å². The van der Waals surface area contributed by atoms with Crippen LogP contribution in [0.4, 0.5) is 0 Å². The van der Waals surface area contributed by atoms with Gasteiger partial charge in [0.1, 0.15) is 5.69 Å². The van der Waals surface area contributed by atoms with Crippen LogP contribution >= 0.6 is 0 Å². The molecule has 0 aliphatic carbocycles. The molecule has 0 aliphatic heterocycles. The minimum Gasteiger partial charge on any atom is -0.347 e. The maximum absolute atomic E-state index is 12.8. The summed E-state index contributed by atoms with van der Waals surface area (Å²) in [4.78, 5) is 12.8. The average molecular weight is 320 g/mol. The van der Waals surface area contributed by atoms with Crippen molar-refractivity contribution in [1.29, 1.82) is 0 Å². The summed E-state index contributed by atoms with van der Waals surface area (Å²) < 4.78 is 2.12. The Balaban J connectivity index is 1.95. The monoisotopic (exact) mass is 320 g/mol. The van der Waals surface area contributed by atoms with Crippen LogP contribution in [0.1, 0.15) is 41.0 Å². The van der Waals surface area contributed by atoms with Gasteiger partial charge in [0.05, 0.1) is 0 Å². The lowest BCUT2D eigenvalue weighted by molar-refractivity contribution is 0.0941. The summed E-state index contributed by atoms with van der Waals surface area (Å²) in [6.07, 6.45) is 1.00. The number of carbonyl (C=O) groups excluding carboxylic acids is 1. The highest BCUT2D eigenvalue weighted by atomic mass is 16.1. The van der Waals surface area contributed by atoms with Crippen molar-refractivity contribution in [2.45, 2.75) is 40.3 Å².